The summed E-state index contributed by atoms with van der Waals surface area (Å²) in [6.45, 7) is 0. The summed E-state index contributed by atoms with van der Waals surface area (Å²) in [7, 11) is 0. The Bertz CT molecular complexity index is 722. The van der Waals surface area contributed by atoms with Crippen LogP contribution < -0.4 is 0 Å². The van der Waals surface area contributed by atoms with Crippen LogP contribution in [0.2, 0.25) is 15.1 Å². The number of pyridine rings is 1. The number of rotatable bonds is 1. The van der Waals surface area contributed by atoms with E-state index in [9.17, 15) is 26.3 Å². The van der Waals surface area contributed by atoms with Crippen LogP contribution >= 0.6 is 34.8 Å². The maximum absolute atomic E-state index is 13.2. The molecular formula is C13H4Cl3F6N. The van der Waals surface area contributed by atoms with E-state index >= 15 is 0 Å². The zero-order valence-corrected chi connectivity index (χ0v) is 12.9. The predicted molar refractivity (Wildman–Crippen MR) is 74.7 cm³/mol. The van der Waals surface area contributed by atoms with Gasteiger partial charge in [0.25, 0.3) is 0 Å². The van der Waals surface area contributed by atoms with E-state index in [1.54, 1.807) is 0 Å². The van der Waals surface area contributed by atoms with Crippen LogP contribution in [0.1, 0.15) is 11.3 Å². The molecule has 0 atom stereocenters. The van der Waals surface area contributed by atoms with Gasteiger partial charge in [-0.15, -0.1) is 0 Å². The third-order valence-corrected chi connectivity index (χ3v) is 3.94. The molecule has 1 aromatic heterocycles. The van der Waals surface area contributed by atoms with Crippen molar-refractivity contribution in [1.29, 1.82) is 0 Å². The number of aromatic nitrogens is 1. The standard InChI is InChI=1S/C13H4Cl3F6N/c14-6-1-2-7(15)10(16)9(6)8-5(12(17,18)19)3-4-23-11(8)13(20,21)22/h1-4H. The Hall–Kier alpha value is -1.18. The van der Waals surface area contributed by atoms with Crippen molar-refractivity contribution in [2.45, 2.75) is 12.4 Å². The molecule has 0 aliphatic rings. The molecule has 0 spiro atoms. The van der Waals surface area contributed by atoms with Gasteiger partial charge < -0.3 is 0 Å². The zero-order chi connectivity index (χ0) is 17.6. The Morgan fingerprint density at radius 2 is 1.30 bits per heavy atom. The van der Waals surface area contributed by atoms with E-state index in [1.165, 1.54) is 0 Å². The van der Waals surface area contributed by atoms with Gasteiger partial charge in [-0.2, -0.15) is 26.3 Å². The first kappa shape index (κ1) is 18.2. The van der Waals surface area contributed by atoms with Crippen LogP contribution in [-0.2, 0) is 12.4 Å². The van der Waals surface area contributed by atoms with E-state index in [2.05, 4.69) is 4.98 Å². The molecule has 1 heterocycles. The largest absolute Gasteiger partial charge is 0.433 e. The summed E-state index contributed by atoms with van der Waals surface area (Å²) in [5, 5.41) is -1.18. The topological polar surface area (TPSA) is 12.9 Å². The van der Waals surface area contributed by atoms with E-state index in [0.717, 1.165) is 12.1 Å². The van der Waals surface area contributed by atoms with Crippen LogP contribution in [0.4, 0.5) is 26.3 Å². The number of hydrogen-bond acceptors (Lipinski definition) is 1. The molecule has 1 aromatic carbocycles. The fourth-order valence-corrected chi connectivity index (χ4v) is 2.64. The highest BCUT2D eigenvalue weighted by Crippen LogP contribution is 2.48. The van der Waals surface area contributed by atoms with Crippen LogP contribution in [0, 0.1) is 0 Å². The lowest BCUT2D eigenvalue weighted by Crippen LogP contribution is -2.16. The average molecular weight is 395 g/mol. The van der Waals surface area contributed by atoms with Crippen LogP contribution in [0.15, 0.2) is 24.4 Å². The van der Waals surface area contributed by atoms with Crippen molar-refractivity contribution < 1.29 is 26.3 Å². The van der Waals surface area contributed by atoms with Gasteiger partial charge in [0.2, 0.25) is 0 Å². The van der Waals surface area contributed by atoms with Crippen LogP contribution in [0.3, 0.4) is 0 Å². The summed E-state index contributed by atoms with van der Waals surface area (Å²) in [6.07, 6.45) is -9.81. The van der Waals surface area contributed by atoms with Gasteiger partial charge in [0.05, 0.1) is 20.6 Å². The minimum absolute atomic E-state index is 0.240. The van der Waals surface area contributed by atoms with E-state index in [-0.39, 0.29) is 5.02 Å². The van der Waals surface area contributed by atoms with E-state index in [1.807, 2.05) is 0 Å². The van der Waals surface area contributed by atoms with Crippen molar-refractivity contribution in [3.05, 3.63) is 50.7 Å². The highest BCUT2D eigenvalue weighted by Gasteiger charge is 2.43. The summed E-state index contributed by atoms with van der Waals surface area (Å²) >= 11 is 17.3. The predicted octanol–water partition coefficient (Wildman–Crippen LogP) is 6.75. The maximum atomic E-state index is 13.2. The van der Waals surface area contributed by atoms with Crippen molar-refractivity contribution in [1.82, 2.24) is 4.98 Å². The van der Waals surface area contributed by atoms with Gasteiger partial charge in [0.15, 0.2) is 5.69 Å². The van der Waals surface area contributed by atoms with Gasteiger partial charge in [0.1, 0.15) is 0 Å². The third kappa shape index (κ3) is 3.51. The van der Waals surface area contributed by atoms with Gasteiger partial charge in [-0.3, -0.25) is 4.98 Å². The summed E-state index contributed by atoms with van der Waals surface area (Å²) in [5.74, 6) is 0. The molecular weight excluding hydrogens is 390 g/mol. The van der Waals surface area contributed by atoms with Crippen molar-refractivity contribution in [3.63, 3.8) is 0 Å². The van der Waals surface area contributed by atoms with Crippen LogP contribution in [-0.4, -0.2) is 4.98 Å². The van der Waals surface area contributed by atoms with E-state index < -0.39 is 44.8 Å². The number of hydrogen-bond donors (Lipinski definition) is 0. The van der Waals surface area contributed by atoms with Gasteiger partial charge in [-0.05, 0) is 18.2 Å². The molecule has 2 rings (SSSR count). The molecule has 0 bridgehead atoms. The normalized spacial score (nSPS) is 12.6. The minimum atomic E-state index is -5.15. The lowest BCUT2D eigenvalue weighted by molar-refractivity contribution is -0.144. The second-order valence-corrected chi connectivity index (χ2v) is 5.49. The monoisotopic (exact) mass is 393 g/mol. The highest BCUT2D eigenvalue weighted by atomic mass is 35.5. The summed E-state index contributed by atoms with van der Waals surface area (Å²) in [4.78, 5) is 3.03. The Morgan fingerprint density at radius 3 is 1.83 bits per heavy atom. The van der Waals surface area contributed by atoms with Crippen LogP contribution in [0.5, 0.6) is 0 Å². The molecule has 124 valence electrons. The molecule has 0 amide bonds. The Morgan fingerprint density at radius 1 is 0.739 bits per heavy atom. The minimum Gasteiger partial charge on any atom is -0.251 e. The number of halogens is 9. The molecule has 2 aromatic rings. The zero-order valence-electron chi connectivity index (χ0n) is 10.7. The fourth-order valence-electron chi connectivity index (χ4n) is 1.92. The SMILES string of the molecule is FC(F)(F)c1ccnc(C(F)(F)F)c1-c1c(Cl)ccc(Cl)c1Cl. The number of benzene rings is 1. The first-order valence-corrected chi connectivity index (χ1v) is 6.85. The lowest BCUT2D eigenvalue weighted by atomic mass is 9.97. The van der Waals surface area contributed by atoms with Gasteiger partial charge in [-0.25, -0.2) is 0 Å². The van der Waals surface area contributed by atoms with E-state index in [0.29, 0.717) is 12.3 Å². The van der Waals surface area contributed by atoms with Gasteiger partial charge >= 0.3 is 12.4 Å². The quantitative estimate of drug-likeness (QED) is 0.385. The number of nitrogens with zero attached hydrogens (tertiary/aromatic N) is 1. The molecule has 0 saturated carbocycles. The molecule has 0 aliphatic carbocycles. The molecule has 0 fully saturated rings. The van der Waals surface area contributed by atoms with Crippen molar-refractivity contribution in [2.75, 3.05) is 0 Å². The molecule has 0 saturated heterocycles. The van der Waals surface area contributed by atoms with Crippen molar-refractivity contribution in [3.8, 4) is 11.1 Å². The summed E-state index contributed by atoms with van der Waals surface area (Å²) in [5.41, 5.74) is -5.25. The van der Waals surface area contributed by atoms with Crippen molar-refractivity contribution >= 4 is 34.8 Å². The molecule has 0 aliphatic heterocycles. The summed E-state index contributed by atoms with van der Waals surface area (Å²) < 4.78 is 78.8. The van der Waals surface area contributed by atoms with Crippen molar-refractivity contribution in [2.24, 2.45) is 0 Å². The molecule has 1 nitrogen and oxygen atoms in total. The van der Waals surface area contributed by atoms with Gasteiger partial charge in [-0.1, -0.05) is 34.8 Å². The average Bonchev–Trinajstić information content (AvgIpc) is 2.41. The molecule has 23 heavy (non-hydrogen) atoms. The highest BCUT2D eigenvalue weighted by molar-refractivity contribution is 6.46. The fraction of sp³-hybridized carbons (Fsp3) is 0.154. The molecule has 10 heteroatoms. The third-order valence-electron chi connectivity index (χ3n) is 2.82. The van der Waals surface area contributed by atoms with Gasteiger partial charge in [0, 0.05) is 17.3 Å². The van der Waals surface area contributed by atoms with E-state index in [4.69, 9.17) is 34.8 Å². The number of alkyl halides is 6. The Balaban J connectivity index is 2.99. The maximum Gasteiger partial charge on any atom is 0.433 e. The first-order chi connectivity index (χ1) is 10.4. The first-order valence-electron chi connectivity index (χ1n) is 5.72. The summed E-state index contributed by atoms with van der Waals surface area (Å²) in [6, 6.07) is 2.63. The Kier molecular flexibility index (Phi) is 4.76. The second-order valence-electron chi connectivity index (χ2n) is 4.30. The lowest BCUT2D eigenvalue weighted by Gasteiger charge is -2.19. The van der Waals surface area contributed by atoms with Crippen LogP contribution in [0.25, 0.3) is 11.1 Å². The molecule has 0 unspecified atom stereocenters. The molecule has 0 N–H and O–H groups in total. The molecule has 0 radical (unpaired) electrons. The second kappa shape index (κ2) is 6.03. The smallest absolute Gasteiger partial charge is 0.251 e. The Labute approximate surface area is 140 Å².